The Kier molecular flexibility index (Phi) is 5.32. The van der Waals surface area contributed by atoms with Crippen LogP contribution in [0.4, 0.5) is 0 Å². The Morgan fingerprint density at radius 1 is 1.05 bits per heavy atom. The lowest BCUT2D eigenvalue weighted by atomic mass is 10.1. The van der Waals surface area contributed by atoms with Gasteiger partial charge in [0.15, 0.2) is 0 Å². The van der Waals surface area contributed by atoms with Gasteiger partial charge in [0.05, 0.1) is 14.2 Å². The molecule has 2 aromatic carbocycles. The molecular formula is C16H19NO2S. The molecule has 4 heteroatoms. The molecule has 0 aliphatic rings. The first-order valence-corrected chi connectivity index (χ1v) is 7.38. The summed E-state index contributed by atoms with van der Waals surface area (Å²) in [7, 11) is 3.34. The lowest BCUT2D eigenvalue weighted by Gasteiger charge is -2.14. The highest BCUT2D eigenvalue weighted by Gasteiger charge is 2.09. The van der Waals surface area contributed by atoms with Gasteiger partial charge in [0, 0.05) is 16.7 Å². The van der Waals surface area contributed by atoms with Crippen molar-refractivity contribution in [1.29, 1.82) is 0 Å². The molecule has 0 saturated carbocycles. The van der Waals surface area contributed by atoms with Gasteiger partial charge >= 0.3 is 0 Å². The third kappa shape index (κ3) is 3.68. The zero-order chi connectivity index (χ0) is 14.4. The fraction of sp³-hybridized carbons (Fsp3) is 0.250. The molecule has 0 spiro atoms. The minimum absolute atomic E-state index is 0.0417. The van der Waals surface area contributed by atoms with E-state index in [1.165, 1.54) is 0 Å². The molecule has 3 nitrogen and oxygen atoms in total. The monoisotopic (exact) mass is 289 g/mol. The number of ether oxygens (including phenoxy) is 2. The predicted molar refractivity (Wildman–Crippen MR) is 83.6 cm³/mol. The maximum Gasteiger partial charge on any atom is 0.132 e. The molecule has 0 bridgehead atoms. The molecule has 0 saturated heterocycles. The number of hydrogen-bond acceptors (Lipinski definition) is 4. The summed E-state index contributed by atoms with van der Waals surface area (Å²) in [5, 5.41) is 0. The highest BCUT2D eigenvalue weighted by Crippen LogP contribution is 2.31. The van der Waals surface area contributed by atoms with Crippen molar-refractivity contribution in [3.05, 3.63) is 54.1 Å². The molecule has 1 unspecified atom stereocenters. The SMILES string of the molecule is COc1cccc(C(N)CSc2ccccc2OC)c1. The van der Waals surface area contributed by atoms with Crippen LogP contribution in [0.15, 0.2) is 53.4 Å². The fourth-order valence-electron chi connectivity index (χ4n) is 1.89. The summed E-state index contributed by atoms with van der Waals surface area (Å²) in [5.74, 6) is 2.50. The van der Waals surface area contributed by atoms with E-state index in [0.717, 1.165) is 27.7 Å². The number of para-hydroxylation sites is 1. The molecule has 0 heterocycles. The van der Waals surface area contributed by atoms with E-state index in [1.807, 2.05) is 48.5 Å². The van der Waals surface area contributed by atoms with E-state index >= 15 is 0 Å². The Morgan fingerprint density at radius 2 is 1.85 bits per heavy atom. The molecule has 106 valence electrons. The van der Waals surface area contributed by atoms with Gasteiger partial charge in [0.25, 0.3) is 0 Å². The van der Waals surface area contributed by atoms with Gasteiger partial charge in [-0.3, -0.25) is 0 Å². The second kappa shape index (κ2) is 7.22. The topological polar surface area (TPSA) is 44.5 Å². The Hall–Kier alpha value is -1.65. The number of hydrogen-bond donors (Lipinski definition) is 1. The van der Waals surface area contributed by atoms with Crippen LogP contribution in [-0.4, -0.2) is 20.0 Å². The van der Waals surface area contributed by atoms with Gasteiger partial charge in [-0.2, -0.15) is 0 Å². The summed E-state index contributed by atoms with van der Waals surface area (Å²) in [5.41, 5.74) is 7.32. The maximum absolute atomic E-state index is 6.24. The summed E-state index contributed by atoms with van der Waals surface area (Å²) >= 11 is 1.70. The van der Waals surface area contributed by atoms with Crippen molar-refractivity contribution in [2.75, 3.05) is 20.0 Å². The molecule has 0 aliphatic carbocycles. The van der Waals surface area contributed by atoms with E-state index in [9.17, 15) is 0 Å². The second-order valence-corrected chi connectivity index (χ2v) is 5.41. The van der Waals surface area contributed by atoms with Gasteiger partial charge in [0.2, 0.25) is 0 Å². The maximum atomic E-state index is 6.24. The van der Waals surface area contributed by atoms with E-state index in [-0.39, 0.29) is 6.04 Å². The highest BCUT2D eigenvalue weighted by atomic mass is 32.2. The third-order valence-electron chi connectivity index (χ3n) is 3.01. The highest BCUT2D eigenvalue weighted by molar-refractivity contribution is 7.99. The average molecular weight is 289 g/mol. The van der Waals surface area contributed by atoms with Gasteiger partial charge in [-0.05, 0) is 29.8 Å². The van der Waals surface area contributed by atoms with Crippen LogP contribution in [0.3, 0.4) is 0 Å². The summed E-state index contributed by atoms with van der Waals surface area (Å²) < 4.78 is 10.6. The lowest BCUT2D eigenvalue weighted by molar-refractivity contribution is 0.405. The molecule has 2 aromatic rings. The number of rotatable bonds is 6. The summed E-state index contributed by atoms with van der Waals surface area (Å²) in [6.45, 7) is 0. The molecule has 2 N–H and O–H groups in total. The van der Waals surface area contributed by atoms with Crippen molar-refractivity contribution in [3.8, 4) is 11.5 Å². The number of nitrogens with two attached hydrogens (primary N) is 1. The van der Waals surface area contributed by atoms with E-state index < -0.39 is 0 Å². The first kappa shape index (κ1) is 14.8. The number of benzene rings is 2. The quantitative estimate of drug-likeness (QED) is 0.827. The molecule has 0 fully saturated rings. The summed E-state index contributed by atoms with van der Waals surface area (Å²) in [6, 6.07) is 15.8. The van der Waals surface area contributed by atoms with Crippen molar-refractivity contribution < 1.29 is 9.47 Å². The number of thioether (sulfide) groups is 1. The van der Waals surface area contributed by atoms with Crippen LogP contribution in [0.2, 0.25) is 0 Å². The second-order valence-electron chi connectivity index (χ2n) is 4.34. The normalized spacial score (nSPS) is 11.9. The van der Waals surface area contributed by atoms with E-state index in [0.29, 0.717) is 0 Å². The van der Waals surface area contributed by atoms with Crippen LogP contribution in [0.5, 0.6) is 11.5 Å². The fourth-order valence-corrected chi connectivity index (χ4v) is 2.91. The Labute approximate surface area is 124 Å². The predicted octanol–water partition coefficient (Wildman–Crippen LogP) is 3.50. The lowest BCUT2D eigenvalue weighted by Crippen LogP contribution is -2.13. The zero-order valence-corrected chi connectivity index (χ0v) is 12.5. The molecule has 0 radical (unpaired) electrons. The van der Waals surface area contributed by atoms with Crippen LogP contribution in [-0.2, 0) is 0 Å². The van der Waals surface area contributed by atoms with Crippen molar-refractivity contribution in [2.45, 2.75) is 10.9 Å². The van der Waals surface area contributed by atoms with Crippen LogP contribution in [0.1, 0.15) is 11.6 Å². The van der Waals surface area contributed by atoms with Crippen molar-refractivity contribution in [1.82, 2.24) is 0 Å². The van der Waals surface area contributed by atoms with Crippen LogP contribution >= 0.6 is 11.8 Å². The number of methoxy groups -OCH3 is 2. The van der Waals surface area contributed by atoms with Crippen LogP contribution in [0, 0.1) is 0 Å². The molecule has 20 heavy (non-hydrogen) atoms. The van der Waals surface area contributed by atoms with Crippen LogP contribution < -0.4 is 15.2 Å². The Morgan fingerprint density at radius 3 is 2.60 bits per heavy atom. The first-order valence-electron chi connectivity index (χ1n) is 6.40. The zero-order valence-electron chi connectivity index (χ0n) is 11.7. The minimum Gasteiger partial charge on any atom is -0.497 e. The minimum atomic E-state index is -0.0417. The van der Waals surface area contributed by atoms with Crippen molar-refractivity contribution in [3.63, 3.8) is 0 Å². The van der Waals surface area contributed by atoms with Gasteiger partial charge in [-0.25, -0.2) is 0 Å². The van der Waals surface area contributed by atoms with Gasteiger partial charge in [-0.15, -0.1) is 11.8 Å². The largest absolute Gasteiger partial charge is 0.497 e. The standard InChI is InChI=1S/C16H19NO2S/c1-18-13-7-5-6-12(10-13)14(17)11-20-16-9-4-3-8-15(16)19-2/h3-10,14H,11,17H2,1-2H3. The molecule has 0 aromatic heterocycles. The van der Waals surface area contributed by atoms with Gasteiger partial charge < -0.3 is 15.2 Å². The summed E-state index contributed by atoms with van der Waals surface area (Å²) in [4.78, 5) is 1.10. The van der Waals surface area contributed by atoms with E-state index in [1.54, 1.807) is 26.0 Å². The van der Waals surface area contributed by atoms with Crippen molar-refractivity contribution >= 4 is 11.8 Å². The van der Waals surface area contributed by atoms with Gasteiger partial charge in [-0.1, -0.05) is 24.3 Å². The first-order chi connectivity index (χ1) is 9.74. The third-order valence-corrected chi connectivity index (χ3v) is 4.18. The molecular weight excluding hydrogens is 270 g/mol. The van der Waals surface area contributed by atoms with Crippen LogP contribution in [0.25, 0.3) is 0 Å². The Bertz CT molecular complexity index is 560. The van der Waals surface area contributed by atoms with Gasteiger partial charge in [0.1, 0.15) is 11.5 Å². The van der Waals surface area contributed by atoms with E-state index in [2.05, 4.69) is 0 Å². The molecule has 1 atom stereocenters. The summed E-state index contributed by atoms with van der Waals surface area (Å²) in [6.07, 6.45) is 0. The smallest absolute Gasteiger partial charge is 0.132 e. The molecule has 2 rings (SSSR count). The molecule has 0 amide bonds. The van der Waals surface area contributed by atoms with E-state index in [4.69, 9.17) is 15.2 Å². The average Bonchev–Trinajstić information content (AvgIpc) is 2.52. The molecule has 0 aliphatic heterocycles. The Balaban J connectivity index is 2.02. The van der Waals surface area contributed by atoms with Crippen molar-refractivity contribution in [2.24, 2.45) is 5.73 Å².